The van der Waals surface area contributed by atoms with Crippen molar-refractivity contribution < 1.29 is 4.74 Å². The molecule has 3 N–H and O–H groups in total. The van der Waals surface area contributed by atoms with E-state index in [2.05, 4.69) is 10.4 Å². The van der Waals surface area contributed by atoms with Gasteiger partial charge in [0, 0.05) is 22.0 Å². The van der Waals surface area contributed by atoms with E-state index in [4.69, 9.17) is 22.2 Å². The van der Waals surface area contributed by atoms with Crippen LogP contribution in [0, 0.1) is 0 Å². The van der Waals surface area contributed by atoms with Crippen molar-refractivity contribution in [2.75, 3.05) is 12.5 Å². The summed E-state index contributed by atoms with van der Waals surface area (Å²) in [5.41, 5.74) is 5.39. The Bertz CT molecular complexity index is 787. The van der Waals surface area contributed by atoms with Crippen LogP contribution in [0.4, 0.5) is 5.82 Å². The highest BCUT2D eigenvalue weighted by molar-refractivity contribution is 6.30. The Kier molecular flexibility index (Phi) is 3.64. The van der Waals surface area contributed by atoms with Crippen LogP contribution in [0.3, 0.4) is 0 Å². The van der Waals surface area contributed by atoms with Gasteiger partial charge in [-0.1, -0.05) is 23.7 Å². The number of halogens is 1. The molecule has 21 heavy (non-hydrogen) atoms. The fraction of sp³-hybridized carbons (Fsp3) is 0.0625. The van der Waals surface area contributed by atoms with Gasteiger partial charge >= 0.3 is 0 Å². The van der Waals surface area contributed by atoms with Gasteiger partial charge in [-0.3, -0.25) is 0 Å². The molecule has 0 spiro atoms. The van der Waals surface area contributed by atoms with Gasteiger partial charge in [0.1, 0.15) is 11.6 Å². The van der Waals surface area contributed by atoms with Crippen LogP contribution in [0.5, 0.6) is 5.75 Å². The molecule has 0 radical (unpaired) electrons. The number of methoxy groups -OCH3 is 1. The van der Waals surface area contributed by atoms with Crippen molar-refractivity contribution in [1.82, 2.24) is 4.98 Å². The molecule has 0 fully saturated rings. The third kappa shape index (κ3) is 2.63. The lowest BCUT2D eigenvalue weighted by molar-refractivity contribution is 0.415. The zero-order chi connectivity index (χ0) is 14.8. The summed E-state index contributed by atoms with van der Waals surface area (Å²) in [6.07, 6.45) is 0. The smallest absolute Gasteiger partial charge is 0.148 e. The van der Waals surface area contributed by atoms with Crippen molar-refractivity contribution in [3.05, 3.63) is 53.6 Å². The summed E-state index contributed by atoms with van der Waals surface area (Å²) >= 11 is 5.93. The molecule has 3 rings (SSSR count). The van der Waals surface area contributed by atoms with Crippen LogP contribution in [-0.4, -0.2) is 12.1 Å². The number of nitrogens with zero attached hydrogens (tertiary/aromatic N) is 1. The molecule has 0 aliphatic carbocycles. The van der Waals surface area contributed by atoms with E-state index in [1.165, 1.54) is 0 Å². The lowest BCUT2D eigenvalue weighted by atomic mass is 10.0. The van der Waals surface area contributed by atoms with Gasteiger partial charge in [0.15, 0.2) is 0 Å². The first kappa shape index (κ1) is 13.7. The molecular formula is C16H14ClN3O. The first-order chi connectivity index (χ1) is 10.2. The molecule has 5 heteroatoms. The number of hydrogen-bond acceptors (Lipinski definition) is 4. The molecule has 0 saturated carbocycles. The maximum atomic E-state index is 5.93. The predicted octanol–water partition coefficient (Wildman–Crippen LogP) is 3.85. The number of anilines is 1. The molecule has 0 saturated heterocycles. The molecule has 0 unspecified atom stereocenters. The molecule has 1 aromatic heterocycles. The van der Waals surface area contributed by atoms with E-state index < -0.39 is 0 Å². The Morgan fingerprint density at radius 1 is 1.10 bits per heavy atom. The Hall–Kier alpha value is -2.30. The van der Waals surface area contributed by atoms with Crippen molar-refractivity contribution in [3.63, 3.8) is 0 Å². The molecule has 0 bridgehead atoms. The number of nitrogen functional groups attached to an aromatic ring is 1. The summed E-state index contributed by atoms with van der Waals surface area (Å²) in [5.74, 6) is 6.98. The summed E-state index contributed by atoms with van der Waals surface area (Å²) in [4.78, 5) is 4.55. The van der Waals surface area contributed by atoms with Crippen molar-refractivity contribution in [2.45, 2.75) is 0 Å². The van der Waals surface area contributed by atoms with Crippen LogP contribution in [0.25, 0.3) is 22.0 Å². The Balaban J connectivity index is 2.20. The van der Waals surface area contributed by atoms with E-state index in [-0.39, 0.29) is 0 Å². The molecule has 106 valence electrons. The van der Waals surface area contributed by atoms with Gasteiger partial charge in [0.25, 0.3) is 0 Å². The predicted molar refractivity (Wildman–Crippen MR) is 86.6 cm³/mol. The maximum Gasteiger partial charge on any atom is 0.148 e. The molecule has 0 atom stereocenters. The third-order valence-corrected chi connectivity index (χ3v) is 3.57. The van der Waals surface area contributed by atoms with Crippen LogP contribution in [0.1, 0.15) is 0 Å². The van der Waals surface area contributed by atoms with Gasteiger partial charge in [-0.25, -0.2) is 10.8 Å². The SMILES string of the molecule is COc1ccc2cc(-c3ccc(Cl)cc3)c(NN)nc2c1. The summed E-state index contributed by atoms with van der Waals surface area (Å²) in [6.45, 7) is 0. The quantitative estimate of drug-likeness (QED) is 0.570. The second kappa shape index (κ2) is 5.60. The topological polar surface area (TPSA) is 60.2 Å². The molecule has 4 nitrogen and oxygen atoms in total. The van der Waals surface area contributed by atoms with E-state index >= 15 is 0 Å². The molecule has 1 heterocycles. The number of benzene rings is 2. The number of nitrogens with two attached hydrogens (primary N) is 1. The lowest BCUT2D eigenvalue weighted by Crippen LogP contribution is -2.10. The minimum atomic E-state index is 0.609. The minimum Gasteiger partial charge on any atom is -0.497 e. The first-order valence-corrected chi connectivity index (χ1v) is 6.80. The minimum absolute atomic E-state index is 0.609. The molecule has 3 aromatic rings. The Labute approximate surface area is 127 Å². The number of hydrazine groups is 1. The summed E-state index contributed by atoms with van der Waals surface area (Å²) in [7, 11) is 1.63. The van der Waals surface area contributed by atoms with E-state index in [1.807, 2.05) is 48.5 Å². The van der Waals surface area contributed by atoms with Crippen molar-refractivity contribution in [2.24, 2.45) is 5.84 Å². The molecule has 2 aromatic carbocycles. The van der Waals surface area contributed by atoms with Crippen molar-refractivity contribution in [3.8, 4) is 16.9 Å². The van der Waals surface area contributed by atoms with Crippen LogP contribution < -0.4 is 16.0 Å². The van der Waals surface area contributed by atoms with E-state index in [1.54, 1.807) is 7.11 Å². The molecular weight excluding hydrogens is 286 g/mol. The average molecular weight is 300 g/mol. The number of nitrogens with one attached hydrogen (secondary N) is 1. The van der Waals surface area contributed by atoms with Gasteiger partial charge in [-0.15, -0.1) is 0 Å². The van der Waals surface area contributed by atoms with Crippen LogP contribution in [-0.2, 0) is 0 Å². The molecule has 0 aliphatic heterocycles. The number of ether oxygens (including phenoxy) is 1. The van der Waals surface area contributed by atoms with E-state index in [9.17, 15) is 0 Å². The van der Waals surface area contributed by atoms with Crippen molar-refractivity contribution >= 4 is 28.3 Å². The highest BCUT2D eigenvalue weighted by Gasteiger charge is 2.09. The van der Waals surface area contributed by atoms with Gasteiger partial charge in [-0.2, -0.15) is 0 Å². The van der Waals surface area contributed by atoms with Gasteiger partial charge in [0.2, 0.25) is 0 Å². The molecule has 0 amide bonds. The summed E-state index contributed by atoms with van der Waals surface area (Å²) in [5, 5.41) is 1.71. The monoisotopic (exact) mass is 299 g/mol. The largest absolute Gasteiger partial charge is 0.497 e. The fourth-order valence-corrected chi connectivity index (χ4v) is 2.36. The zero-order valence-corrected chi connectivity index (χ0v) is 12.2. The average Bonchev–Trinajstić information content (AvgIpc) is 2.53. The number of fused-ring (bicyclic) bond motifs is 1. The van der Waals surface area contributed by atoms with Crippen LogP contribution >= 0.6 is 11.6 Å². The second-order valence-corrected chi connectivity index (χ2v) is 5.03. The van der Waals surface area contributed by atoms with Gasteiger partial charge in [-0.05, 0) is 35.9 Å². The Morgan fingerprint density at radius 2 is 1.86 bits per heavy atom. The van der Waals surface area contributed by atoms with Gasteiger partial charge in [0.05, 0.1) is 12.6 Å². The van der Waals surface area contributed by atoms with Gasteiger partial charge < -0.3 is 10.2 Å². The number of aromatic nitrogens is 1. The highest BCUT2D eigenvalue weighted by Crippen LogP contribution is 2.31. The maximum absolute atomic E-state index is 5.93. The standard InChI is InChI=1S/C16H14ClN3O/c1-21-13-7-4-11-8-14(10-2-5-12(17)6-3-10)16(20-18)19-15(11)9-13/h2-9H,18H2,1H3,(H,19,20). The Morgan fingerprint density at radius 3 is 2.52 bits per heavy atom. The third-order valence-electron chi connectivity index (χ3n) is 3.32. The lowest BCUT2D eigenvalue weighted by Gasteiger charge is -2.11. The normalized spacial score (nSPS) is 10.6. The van der Waals surface area contributed by atoms with Crippen LogP contribution in [0.15, 0.2) is 48.5 Å². The number of rotatable bonds is 3. The number of hydrogen-bond donors (Lipinski definition) is 2. The molecule has 0 aliphatic rings. The number of pyridine rings is 1. The second-order valence-electron chi connectivity index (χ2n) is 4.59. The van der Waals surface area contributed by atoms with E-state index in [0.29, 0.717) is 10.8 Å². The highest BCUT2D eigenvalue weighted by atomic mass is 35.5. The first-order valence-electron chi connectivity index (χ1n) is 6.42. The fourth-order valence-electron chi connectivity index (χ4n) is 2.23. The van der Waals surface area contributed by atoms with E-state index in [0.717, 1.165) is 27.8 Å². The summed E-state index contributed by atoms with van der Waals surface area (Å²) in [6, 6.07) is 15.4. The summed E-state index contributed by atoms with van der Waals surface area (Å²) < 4.78 is 5.22. The van der Waals surface area contributed by atoms with Crippen LogP contribution in [0.2, 0.25) is 5.02 Å². The van der Waals surface area contributed by atoms with Crippen molar-refractivity contribution in [1.29, 1.82) is 0 Å². The zero-order valence-electron chi connectivity index (χ0n) is 11.4.